The summed E-state index contributed by atoms with van der Waals surface area (Å²) in [6, 6.07) is 21.0. The molecule has 0 atom stereocenters. The summed E-state index contributed by atoms with van der Waals surface area (Å²) in [6.07, 6.45) is 0. The molecule has 4 aromatic rings. The number of nitrogens with zero attached hydrogens (tertiary/aromatic N) is 3. The highest BCUT2D eigenvalue weighted by atomic mass is 16.5. The summed E-state index contributed by atoms with van der Waals surface area (Å²) < 4.78 is 7.42. The van der Waals surface area contributed by atoms with Gasteiger partial charge < -0.3 is 14.4 Å². The van der Waals surface area contributed by atoms with Crippen LogP contribution in [0.1, 0.15) is 19.9 Å². The van der Waals surface area contributed by atoms with Gasteiger partial charge in [0.15, 0.2) is 12.3 Å². The van der Waals surface area contributed by atoms with Gasteiger partial charge in [0, 0.05) is 16.8 Å². The molecule has 0 radical (unpaired) electrons. The molecular formula is C23H21N3O3. The van der Waals surface area contributed by atoms with Crippen LogP contribution in [0.3, 0.4) is 0 Å². The van der Waals surface area contributed by atoms with E-state index in [-0.39, 0.29) is 24.2 Å². The first-order valence-corrected chi connectivity index (χ1v) is 9.43. The van der Waals surface area contributed by atoms with Crippen LogP contribution < -0.4 is 4.74 Å². The Morgan fingerprint density at radius 2 is 1.69 bits per heavy atom. The van der Waals surface area contributed by atoms with Crippen molar-refractivity contribution in [2.75, 3.05) is 6.61 Å². The third kappa shape index (κ3) is 3.57. The number of carbonyl (C=O) groups excluding carboxylic acids is 1. The molecule has 0 aliphatic heterocycles. The Hall–Kier alpha value is -3.67. The second-order valence-electron chi connectivity index (χ2n) is 7.01. The number of azo groups is 1. The monoisotopic (exact) mass is 387 g/mol. The van der Waals surface area contributed by atoms with E-state index in [9.17, 15) is 9.90 Å². The summed E-state index contributed by atoms with van der Waals surface area (Å²) >= 11 is 0. The standard InChI is InChI=1S/C23H21N3O3/c1-15(2)26-19-12-6-5-11-18(19)22(23(26)28)25-24-21(27)14-29-20-13-7-9-16-8-3-4-10-17(16)20/h3-13,15,28H,14H2,1-2H3. The summed E-state index contributed by atoms with van der Waals surface area (Å²) in [4.78, 5) is 12.2. The zero-order chi connectivity index (χ0) is 20.4. The lowest BCUT2D eigenvalue weighted by Crippen LogP contribution is -2.08. The second kappa shape index (κ2) is 7.75. The quantitative estimate of drug-likeness (QED) is 0.442. The number of fused-ring (bicyclic) bond motifs is 2. The highest BCUT2D eigenvalue weighted by molar-refractivity contribution is 5.95. The van der Waals surface area contributed by atoms with Crippen molar-refractivity contribution >= 4 is 33.3 Å². The van der Waals surface area contributed by atoms with Crippen LogP contribution in [-0.2, 0) is 4.79 Å². The average molecular weight is 387 g/mol. The van der Waals surface area contributed by atoms with Crippen LogP contribution in [0.4, 0.5) is 5.69 Å². The molecule has 29 heavy (non-hydrogen) atoms. The van der Waals surface area contributed by atoms with Crippen molar-refractivity contribution in [3.8, 4) is 11.6 Å². The van der Waals surface area contributed by atoms with E-state index in [1.807, 2.05) is 80.6 Å². The van der Waals surface area contributed by atoms with Crippen LogP contribution in [0, 0.1) is 0 Å². The summed E-state index contributed by atoms with van der Waals surface area (Å²) in [5.41, 5.74) is 1.13. The SMILES string of the molecule is CC(C)n1c(O)c(N=NC(=O)COc2cccc3ccccc23)c2ccccc21. The van der Waals surface area contributed by atoms with Crippen molar-refractivity contribution < 1.29 is 14.6 Å². The van der Waals surface area contributed by atoms with E-state index in [0.717, 1.165) is 21.7 Å². The van der Waals surface area contributed by atoms with Crippen molar-refractivity contribution in [3.63, 3.8) is 0 Å². The predicted molar refractivity (Wildman–Crippen MR) is 113 cm³/mol. The second-order valence-corrected chi connectivity index (χ2v) is 7.01. The smallest absolute Gasteiger partial charge is 0.302 e. The van der Waals surface area contributed by atoms with Gasteiger partial charge in [0.2, 0.25) is 5.88 Å². The number of benzene rings is 3. The fourth-order valence-corrected chi connectivity index (χ4v) is 3.45. The average Bonchev–Trinajstić information content (AvgIpc) is 3.02. The van der Waals surface area contributed by atoms with Gasteiger partial charge in [-0.15, -0.1) is 10.2 Å². The van der Waals surface area contributed by atoms with Gasteiger partial charge in [-0.05, 0) is 31.4 Å². The Balaban J connectivity index is 1.55. The lowest BCUT2D eigenvalue weighted by atomic mass is 10.1. The molecule has 0 saturated carbocycles. The molecular weight excluding hydrogens is 366 g/mol. The molecule has 0 unspecified atom stereocenters. The van der Waals surface area contributed by atoms with Crippen LogP contribution in [0.2, 0.25) is 0 Å². The number of hydrogen-bond donors (Lipinski definition) is 1. The van der Waals surface area contributed by atoms with E-state index in [1.165, 1.54) is 0 Å². The molecule has 1 aromatic heterocycles. The van der Waals surface area contributed by atoms with E-state index in [1.54, 1.807) is 4.57 Å². The molecule has 6 heteroatoms. The van der Waals surface area contributed by atoms with Gasteiger partial charge in [0.1, 0.15) is 5.75 Å². The number of carbonyl (C=O) groups is 1. The molecule has 6 nitrogen and oxygen atoms in total. The normalized spacial score (nSPS) is 11.7. The first kappa shape index (κ1) is 18.7. The van der Waals surface area contributed by atoms with Crippen molar-refractivity contribution in [2.45, 2.75) is 19.9 Å². The van der Waals surface area contributed by atoms with E-state index in [2.05, 4.69) is 10.2 Å². The van der Waals surface area contributed by atoms with Gasteiger partial charge in [-0.3, -0.25) is 4.79 Å². The molecule has 0 bridgehead atoms. The third-order valence-electron chi connectivity index (χ3n) is 4.74. The topological polar surface area (TPSA) is 76.2 Å². The Bertz CT molecular complexity index is 1220. The molecule has 0 spiro atoms. The maximum absolute atomic E-state index is 12.2. The number of para-hydroxylation sites is 1. The molecule has 1 amide bonds. The first-order chi connectivity index (χ1) is 14.1. The van der Waals surface area contributed by atoms with Crippen molar-refractivity contribution in [1.29, 1.82) is 0 Å². The molecule has 0 saturated heterocycles. The molecule has 0 aliphatic carbocycles. The Morgan fingerprint density at radius 1 is 1.00 bits per heavy atom. The maximum atomic E-state index is 12.2. The Kier molecular flexibility index (Phi) is 4.99. The zero-order valence-corrected chi connectivity index (χ0v) is 16.2. The summed E-state index contributed by atoms with van der Waals surface area (Å²) in [7, 11) is 0. The van der Waals surface area contributed by atoms with Gasteiger partial charge in [0.25, 0.3) is 0 Å². The number of rotatable bonds is 5. The fraction of sp³-hybridized carbons (Fsp3) is 0.174. The van der Waals surface area contributed by atoms with Crippen LogP contribution >= 0.6 is 0 Å². The van der Waals surface area contributed by atoms with Crippen LogP contribution in [0.5, 0.6) is 11.6 Å². The minimum atomic E-state index is -0.529. The van der Waals surface area contributed by atoms with Gasteiger partial charge in [-0.1, -0.05) is 54.6 Å². The van der Waals surface area contributed by atoms with E-state index in [0.29, 0.717) is 5.75 Å². The number of amides is 1. The summed E-state index contributed by atoms with van der Waals surface area (Å²) in [6.45, 7) is 3.70. The number of aromatic hydroxyl groups is 1. The molecule has 0 fully saturated rings. The van der Waals surface area contributed by atoms with Crippen molar-refractivity contribution in [3.05, 3.63) is 66.7 Å². The minimum Gasteiger partial charge on any atom is -0.493 e. The van der Waals surface area contributed by atoms with Crippen LogP contribution in [-0.4, -0.2) is 22.2 Å². The fourth-order valence-electron chi connectivity index (χ4n) is 3.45. The zero-order valence-electron chi connectivity index (χ0n) is 16.2. The summed E-state index contributed by atoms with van der Waals surface area (Å²) in [5.74, 6) is 0.0809. The lowest BCUT2D eigenvalue weighted by molar-refractivity contribution is -0.120. The largest absolute Gasteiger partial charge is 0.493 e. The molecule has 3 aromatic carbocycles. The number of aromatic nitrogens is 1. The van der Waals surface area contributed by atoms with Crippen LogP contribution in [0.15, 0.2) is 77.0 Å². The Labute approximate surface area is 168 Å². The van der Waals surface area contributed by atoms with E-state index < -0.39 is 5.91 Å². The first-order valence-electron chi connectivity index (χ1n) is 9.43. The van der Waals surface area contributed by atoms with E-state index >= 15 is 0 Å². The summed E-state index contributed by atoms with van der Waals surface area (Å²) in [5, 5.41) is 21.1. The molecule has 146 valence electrons. The highest BCUT2D eigenvalue weighted by Crippen LogP contribution is 2.40. The van der Waals surface area contributed by atoms with Gasteiger partial charge in [0.05, 0.1) is 5.52 Å². The predicted octanol–water partition coefficient (Wildman–Crippen LogP) is 5.77. The third-order valence-corrected chi connectivity index (χ3v) is 4.74. The molecule has 1 N–H and O–H groups in total. The van der Waals surface area contributed by atoms with Gasteiger partial charge in [-0.25, -0.2) is 0 Å². The molecule has 1 heterocycles. The maximum Gasteiger partial charge on any atom is 0.302 e. The lowest BCUT2D eigenvalue weighted by Gasteiger charge is -2.10. The van der Waals surface area contributed by atoms with Gasteiger partial charge in [-0.2, -0.15) is 0 Å². The van der Waals surface area contributed by atoms with Crippen LogP contribution in [0.25, 0.3) is 21.7 Å². The Morgan fingerprint density at radius 3 is 2.48 bits per heavy atom. The van der Waals surface area contributed by atoms with E-state index in [4.69, 9.17) is 4.74 Å². The number of ether oxygens (including phenoxy) is 1. The molecule has 4 rings (SSSR count). The highest BCUT2D eigenvalue weighted by Gasteiger charge is 2.18. The number of hydrogen-bond acceptors (Lipinski definition) is 4. The minimum absolute atomic E-state index is 0.00674. The van der Waals surface area contributed by atoms with Gasteiger partial charge >= 0.3 is 5.91 Å². The molecule has 0 aliphatic rings. The van der Waals surface area contributed by atoms with Crippen molar-refractivity contribution in [2.24, 2.45) is 10.2 Å². The van der Waals surface area contributed by atoms with Crippen molar-refractivity contribution in [1.82, 2.24) is 4.57 Å².